The molecule has 11 rings (SSSR count). The molecule has 4 aliphatic heterocycles. The molecule has 0 amide bonds. The molecule has 0 fully saturated rings. The van der Waals surface area contributed by atoms with E-state index in [2.05, 4.69) is 155 Å². The maximum Gasteiger partial charge on any atom is 0.424 e. The molecule has 7 heteroatoms. The first-order valence-corrected chi connectivity index (χ1v) is 19.8. The Hall–Kier alpha value is -5.27. The minimum absolute atomic E-state index is 0.746. The van der Waals surface area contributed by atoms with Gasteiger partial charge in [-0.25, -0.2) is 4.98 Å². The SMILES string of the molecule is c1ccc(N2c3cccc[c]3[Al]3[c]4nc5[c](cc4N(c4ccccc4)c4cccc2[c]43)[Al]2[c]3ccccc3Oc3cccc([c]32)O5)cc1. The van der Waals surface area contributed by atoms with Crippen molar-refractivity contribution in [3.63, 3.8) is 0 Å². The van der Waals surface area contributed by atoms with Crippen molar-refractivity contribution in [2.75, 3.05) is 9.80 Å². The second-order valence-corrected chi connectivity index (χ2v) is 18.0. The van der Waals surface area contributed by atoms with Gasteiger partial charge in [0.25, 0.3) is 0 Å². The van der Waals surface area contributed by atoms with Gasteiger partial charge in [-0.05, 0) is 75.6 Å². The Labute approximate surface area is 286 Å². The van der Waals surface area contributed by atoms with Gasteiger partial charge < -0.3 is 19.3 Å². The van der Waals surface area contributed by atoms with E-state index in [4.69, 9.17) is 14.5 Å². The number of nitrogens with zero attached hydrogens (tertiary/aromatic N) is 3. The van der Waals surface area contributed by atoms with Gasteiger partial charge in [0.15, 0.2) is 0 Å². The summed E-state index contributed by atoms with van der Waals surface area (Å²) in [5.41, 5.74) is 7.12. The molecule has 7 aromatic rings. The highest BCUT2D eigenvalue weighted by Crippen LogP contribution is 2.44. The van der Waals surface area contributed by atoms with Gasteiger partial charge in [0.05, 0.1) is 5.69 Å². The zero-order valence-electron chi connectivity index (χ0n) is 25.7. The van der Waals surface area contributed by atoms with Crippen LogP contribution in [0, 0.1) is 0 Å². The van der Waals surface area contributed by atoms with E-state index >= 15 is 0 Å². The van der Waals surface area contributed by atoms with E-state index in [-0.39, 0.29) is 0 Å². The van der Waals surface area contributed by atoms with Gasteiger partial charge in [-0.3, -0.25) is 0 Å². The average Bonchev–Trinajstić information content (AvgIpc) is 3.14. The molecule has 48 heavy (non-hydrogen) atoms. The van der Waals surface area contributed by atoms with Crippen LogP contribution in [-0.2, 0) is 0 Å². The standard InChI is InChI=1S/C41H25N3O2.2Al/c1-5-15-32(16-6-1)43(33-17-7-2-8-18-33)35-21-13-22-36(29-35)44(34-19-9-3-10-20-34)37-27-28-41(42-31-37)46-40-26-14-25-39(30-40)45-38-23-11-4-12-24-38;;/h1-17,19-23,25-27H;;. The summed E-state index contributed by atoms with van der Waals surface area (Å²) in [7, 11) is 0. The van der Waals surface area contributed by atoms with Crippen LogP contribution in [0.5, 0.6) is 23.1 Å². The van der Waals surface area contributed by atoms with Crippen LogP contribution in [0.1, 0.15) is 0 Å². The van der Waals surface area contributed by atoms with Crippen molar-refractivity contribution >= 4 is 89.1 Å². The zero-order chi connectivity index (χ0) is 31.3. The molecule has 0 N–H and O–H groups in total. The van der Waals surface area contributed by atoms with E-state index < -0.39 is 28.3 Å². The van der Waals surface area contributed by atoms with Crippen LogP contribution < -0.4 is 46.0 Å². The highest BCUT2D eigenvalue weighted by Gasteiger charge is 2.49. The number of hydrogen-bond donors (Lipinski definition) is 0. The van der Waals surface area contributed by atoms with E-state index in [1.165, 1.54) is 39.2 Å². The molecule has 6 aromatic carbocycles. The number of rotatable bonds is 2. The number of para-hydroxylation sites is 4. The van der Waals surface area contributed by atoms with Gasteiger partial charge in [-0.1, -0.05) is 98.2 Å². The minimum atomic E-state index is -2.09. The molecule has 0 saturated heterocycles. The summed E-state index contributed by atoms with van der Waals surface area (Å²) >= 11 is -4.07. The highest BCUT2D eigenvalue weighted by molar-refractivity contribution is 7.01. The number of benzene rings is 6. The van der Waals surface area contributed by atoms with E-state index in [1.54, 1.807) is 0 Å². The number of hydrogen-bond acceptors (Lipinski definition) is 5. The quantitative estimate of drug-likeness (QED) is 0.219. The van der Waals surface area contributed by atoms with Crippen LogP contribution >= 0.6 is 0 Å². The molecule has 4 aliphatic rings. The van der Waals surface area contributed by atoms with Crippen molar-refractivity contribution in [3.8, 4) is 23.1 Å². The number of anilines is 6. The number of ether oxygens (including phenoxy) is 2. The predicted octanol–water partition coefficient (Wildman–Crippen LogP) is 5.89. The Balaban J connectivity index is 1.22. The summed E-state index contributed by atoms with van der Waals surface area (Å²) in [6.07, 6.45) is 0. The van der Waals surface area contributed by atoms with Gasteiger partial charge >= 0.3 is 28.3 Å². The molecule has 0 radical (unpaired) electrons. The maximum absolute atomic E-state index is 6.79. The Kier molecular flexibility index (Phi) is 5.64. The largest absolute Gasteiger partial charge is 0.460 e. The topological polar surface area (TPSA) is 37.8 Å². The van der Waals surface area contributed by atoms with Crippen molar-refractivity contribution in [1.82, 2.24) is 4.98 Å². The van der Waals surface area contributed by atoms with Crippen LogP contribution in [0.4, 0.5) is 34.1 Å². The van der Waals surface area contributed by atoms with Gasteiger partial charge in [0.2, 0.25) is 5.88 Å². The summed E-state index contributed by atoms with van der Waals surface area (Å²) in [6.45, 7) is 0. The molecule has 1 aromatic heterocycles. The van der Waals surface area contributed by atoms with Gasteiger partial charge in [-0.2, -0.15) is 0 Å². The summed E-state index contributed by atoms with van der Waals surface area (Å²) in [5, 5.41) is 0. The fraction of sp³-hybridized carbons (Fsp3) is 0. The lowest BCUT2D eigenvalue weighted by Gasteiger charge is -2.43. The van der Waals surface area contributed by atoms with Gasteiger partial charge in [-0.15, -0.1) is 0 Å². The smallest absolute Gasteiger partial charge is 0.424 e. The third-order valence-electron chi connectivity index (χ3n) is 10.2. The molecule has 0 spiro atoms. The average molecular weight is 646 g/mol. The summed E-state index contributed by atoms with van der Waals surface area (Å²) < 4.78 is 20.8. The Morgan fingerprint density at radius 1 is 0.417 bits per heavy atom. The number of pyridine rings is 1. The van der Waals surface area contributed by atoms with Crippen molar-refractivity contribution in [3.05, 3.63) is 152 Å². The molecule has 0 bridgehead atoms. The molecular weight excluding hydrogens is 620 g/mol. The second-order valence-electron chi connectivity index (χ2n) is 12.7. The third kappa shape index (κ3) is 3.65. The van der Waals surface area contributed by atoms with Gasteiger partial charge in [0.1, 0.15) is 17.2 Å². The second kappa shape index (κ2) is 10.1. The lowest BCUT2D eigenvalue weighted by molar-refractivity contribution is 0.454. The Bertz CT molecular complexity index is 2450. The monoisotopic (exact) mass is 645 g/mol. The van der Waals surface area contributed by atoms with Crippen molar-refractivity contribution in [2.24, 2.45) is 0 Å². The van der Waals surface area contributed by atoms with E-state index in [1.807, 2.05) is 6.07 Å². The predicted molar refractivity (Wildman–Crippen MR) is 196 cm³/mol. The molecular formula is C41H25Al2N3O2. The first-order valence-electron chi connectivity index (χ1n) is 16.4. The first-order chi connectivity index (χ1) is 23.8. The lowest BCUT2D eigenvalue weighted by Crippen LogP contribution is -2.64. The molecule has 0 atom stereocenters. The molecule has 0 aliphatic carbocycles. The van der Waals surface area contributed by atoms with Gasteiger partial charge in [0, 0.05) is 33.0 Å². The van der Waals surface area contributed by atoms with E-state index in [0.29, 0.717) is 0 Å². The van der Waals surface area contributed by atoms with Crippen molar-refractivity contribution in [2.45, 2.75) is 0 Å². The van der Waals surface area contributed by atoms with Crippen LogP contribution in [0.25, 0.3) is 0 Å². The van der Waals surface area contributed by atoms with Crippen LogP contribution in [0.15, 0.2) is 152 Å². The first kappa shape index (κ1) is 26.8. The van der Waals surface area contributed by atoms with E-state index in [0.717, 1.165) is 44.7 Å². The molecule has 0 saturated carbocycles. The maximum atomic E-state index is 6.79. The summed E-state index contributed by atoms with van der Waals surface area (Å²) in [4.78, 5) is 10.5. The Morgan fingerprint density at radius 3 is 1.73 bits per heavy atom. The lowest BCUT2D eigenvalue weighted by atomic mass is 10.1. The molecule has 0 unspecified atom stereocenters. The van der Waals surface area contributed by atoms with Crippen LogP contribution in [0.2, 0.25) is 0 Å². The van der Waals surface area contributed by atoms with Crippen molar-refractivity contribution in [1.29, 1.82) is 0 Å². The summed E-state index contributed by atoms with van der Waals surface area (Å²) in [6, 6.07) is 54.4. The molecule has 5 heterocycles. The Morgan fingerprint density at radius 2 is 0.979 bits per heavy atom. The van der Waals surface area contributed by atoms with Crippen LogP contribution in [0.3, 0.4) is 0 Å². The number of fused-ring (bicyclic) bond motifs is 8. The minimum Gasteiger partial charge on any atom is -0.460 e. The fourth-order valence-electron chi connectivity index (χ4n) is 8.27. The molecule has 5 nitrogen and oxygen atoms in total. The fourth-order valence-corrected chi connectivity index (χ4v) is 15.0. The number of aromatic nitrogens is 1. The molecule has 222 valence electrons. The normalized spacial score (nSPS) is 14.0. The van der Waals surface area contributed by atoms with Crippen molar-refractivity contribution < 1.29 is 9.47 Å². The highest BCUT2D eigenvalue weighted by atomic mass is 27.2. The van der Waals surface area contributed by atoms with Crippen LogP contribution in [-0.4, -0.2) is 33.3 Å². The summed E-state index contributed by atoms with van der Waals surface area (Å²) in [5.74, 6) is 3.46. The van der Waals surface area contributed by atoms with E-state index in [9.17, 15) is 0 Å². The zero-order valence-corrected chi connectivity index (χ0v) is 28.1. The third-order valence-corrected chi connectivity index (χ3v) is 16.7.